The van der Waals surface area contributed by atoms with Crippen LogP contribution in [0.5, 0.6) is 0 Å². The summed E-state index contributed by atoms with van der Waals surface area (Å²) in [7, 11) is 0. The Balaban J connectivity index is 2.12. The summed E-state index contributed by atoms with van der Waals surface area (Å²) in [5.74, 6) is 0. The molecule has 0 saturated carbocycles. The van der Waals surface area contributed by atoms with Crippen molar-refractivity contribution in [3.63, 3.8) is 0 Å². The van der Waals surface area contributed by atoms with Gasteiger partial charge < -0.3 is 5.11 Å². The van der Waals surface area contributed by atoms with Gasteiger partial charge in [-0.1, -0.05) is 67.9 Å². The van der Waals surface area contributed by atoms with Gasteiger partial charge in [-0.25, -0.2) is 0 Å². The van der Waals surface area contributed by atoms with Gasteiger partial charge in [0.15, 0.2) is 0 Å². The minimum absolute atomic E-state index is 0.159. The zero-order chi connectivity index (χ0) is 17.7. The van der Waals surface area contributed by atoms with Crippen LogP contribution in [-0.4, -0.2) is 5.11 Å². The Kier molecular flexibility index (Phi) is 4.42. The van der Waals surface area contributed by atoms with Crippen LogP contribution in [0.2, 0.25) is 0 Å². The summed E-state index contributed by atoms with van der Waals surface area (Å²) in [4.78, 5) is 0. The molecule has 2 aromatic carbocycles. The molecule has 0 saturated heterocycles. The monoisotopic (exact) mass is 386 g/mol. The zero-order valence-electron chi connectivity index (χ0n) is 15.3. The van der Waals surface area contributed by atoms with Gasteiger partial charge in [-0.3, -0.25) is 0 Å². The predicted octanol–water partition coefficient (Wildman–Crippen LogP) is 6.19. The van der Waals surface area contributed by atoms with Crippen LogP contribution in [0.25, 0.3) is 0 Å². The number of aryl methyl sites for hydroxylation is 1. The predicted molar refractivity (Wildman–Crippen MR) is 105 cm³/mol. The molecule has 0 bridgehead atoms. The van der Waals surface area contributed by atoms with Gasteiger partial charge in [0.25, 0.3) is 0 Å². The second-order valence-corrected chi connectivity index (χ2v) is 9.39. The van der Waals surface area contributed by atoms with Gasteiger partial charge in [0.2, 0.25) is 0 Å². The lowest BCUT2D eigenvalue weighted by Gasteiger charge is -2.42. The quantitative estimate of drug-likeness (QED) is 0.652. The number of rotatable bonds is 2. The number of aliphatic hydroxyl groups is 1. The average molecular weight is 387 g/mol. The summed E-state index contributed by atoms with van der Waals surface area (Å²) >= 11 is 3.46. The zero-order valence-corrected chi connectivity index (χ0v) is 16.9. The van der Waals surface area contributed by atoms with Gasteiger partial charge in [-0.15, -0.1) is 0 Å². The lowest BCUT2D eigenvalue weighted by molar-refractivity contribution is 0.218. The van der Waals surface area contributed by atoms with Crippen LogP contribution in [0.1, 0.15) is 74.5 Å². The highest BCUT2D eigenvalue weighted by atomic mass is 79.9. The molecule has 2 aromatic rings. The molecular formula is C22H27BrO. The molecule has 128 valence electrons. The van der Waals surface area contributed by atoms with E-state index in [0.717, 1.165) is 15.6 Å². The fraction of sp³-hybridized carbons (Fsp3) is 0.455. The van der Waals surface area contributed by atoms with Gasteiger partial charge in [-0.05, 0) is 70.5 Å². The Hall–Kier alpha value is -1.12. The minimum Gasteiger partial charge on any atom is -0.384 e. The summed E-state index contributed by atoms with van der Waals surface area (Å²) in [5.41, 5.74) is 6.35. The van der Waals surface area contributed by atoms with Gasteiger partial charge in [0, 0.05) is 4.47 Å². The molecule has 1 N–H and O–H groups in total. The van der Waals surface area contributed by atoms with E-state index in [4.69, 9.17) is 0 Å². The third-order valence-corrected chi connectivity index (χ3v) is 6.25. The van der Waals surface area contributed by atoms with E-state index in [1.165, 1.54) is 29.5 Å². The van der Waals surface area contributed by atoms with E-state index < -0.39 is 6.10 Å². The normalized spacial score (nSPS) is 19.6. The first kappa shape index (κ1) is 17.7. The largest absolute Gasteiger partial charge is 0.384 e. The number of benzene rings is 2. The maximum absolute atomic E-state index is 11.0. The summed E-state index contributed by atoms with van der Waals surface area (Å²) in [6, 6.07) is 12.5. The second-order valence-electron chi connectivity index (χ2n) is 8.48. The number of hydrogen-bond donors (Lipinski definition) is 1. The molecule has 24 heavy (non-hydrogen) atoms. The van der Waals surface area contributed by atoms with Crippen LogP contribution in [0, 0.1) is 6.92 Å². The molecule has 1 unspecified atom stereocenters. The lowest BCUT2D eigenvalue weighted by atomic mass is 9.62. The molecule has 0 radical (unpaired) electrons. The maximum Gasteiger partial charge on any atom is 0.104 e. The molecule has 0 aliphatic heterocycles. The van der Waals surface area contributed by atoms with Crippen LogP contribution in [-0.2, 0) is 10.8 Å². The maximum atomic E-state index is 11.0. The SMILES string of the molecule is Cc1cc2c(cc1C(O)c1ccc(Br)cc1)C(C)(C)CCC2(C)C. The van der Waals surface area contributed by atoms with E-state index >= 15 is 0 Å². The van der Waals surface area contributed by atoms with E-state index in [1.807, 2.05) is 24.3 Å². The molecule has 0 amide bonds. The van der Waals surface area contributed by atoms with Crippen LogP contribution in [0.4, 0.5) is 0 Å². The summed E-state index contributed by atoms with van der Waals surface area (Å²) in [6.07, 6.45) is 1.81. The fourth-order valence-corrected chi connectivity index (χ4v) is 4.12. The number of aliphatic hydroxyl groups excluding tert-OH is 1. The second kappa shape index (κ2) is 6.00. The molecule has 0 heterocycles. The van der Waals surface area contributed by atoms with Crippen LogP contribution in [0.15, 0.2) is 40.9 Å². The molecule has 0 fully saturated rings. The third kappa shape index (κ3) is 3.07. The number of hydrogen-bond acceptors (Lipinski definition) is 1. The van der Waals surface area contributed by atoms with E-state index in [9.17, 15) is 5.11 Å². The molecule has 1 nitrogen and oxygen atoms in total. The first-order valence-electron chi connectivity index (χ1n) is 8.71. The van der Waals surface area contributed by atoms with Crippen molar-refractivity contribution in [3.8, 4) is 0 Å². The van der Waals surface area contributed by atoms with Crippen molar-refractivity contribution in [3.05, 3.63) is 68.7 Å². The molecule has 1 atom stereocenters. The molecule has 0 spiro atoms. The van der Waals surface area contributed by atoms with E-state index in [-0.39, 0.29) is 10.8 Å². The topological polar surface area (TPSA) is 20.2 Å². The van der Waals surface area contributed by atoms with Gasteiger partial charge in [-0.2, -0.15) is 0 Å². The average Bonchev–Trinajstić information content (AvgIpc) is 2.52. The molecule has 2 heteroatoms. The standard InChI is InChI=1S/C22H27BrO/c1-14-12-18-19(22(4,5)11-10-21(18,2)3)13-17(14)20(24)15-6-8-16(23)9-7-15/h6-9,12-13,20,24H,10-11H2,1-5H3. The molecular weight excluding hydrogens is 360 g/mol. The number of halogens is 1. The summed E-state index contributed by atoms with van der Waals surface area (Å²) in [5, 5.41) is 11.0. The minimum atomic E-state index is -0.579. The first-order chi connectivity index (χ1) is 11.1. The summed E-state index contributed by atoms with van der Waals surface area (Å²) in [6.45, 7) is 11.4. The van der Waals surface area contributed by atoms with Crippen molar-refractivity contribution in [1.29, 1.82) is 0 Å². The third-order valence-electron chi connectivity index (χ3n) is 5.72. The highest BCUT2D eigenvalue weighted by Gasteiger charge is 2.37. The molecule has 3 rings (SSSR count). The van der Waals surface area contributed by atoms with Gasteiger partial charge in [0.05, 0.1) is 0 Å². The molecule has 1 aliphatic carbocycles. The Morgan fingerprint density at radius 1 is 0.917 bits per heavy atom. The highest BCUT2D eigenvalue weighted by molar-refractivity contribution is 9.10. The van der Waals surface area contributed by atoms with Gasteiger partial charge >= 0.3 is 0 Å². The van der Waals surface area contributed by atoms with Crippen LogP contribution in [0.3, 0.4) is 0 Å². The molecule has 0 aromatic heterocycles. The van der Waals surface area contributed by atoms with Crippen LogP contribution >= 0.6 is 15.9 Å². The smallest absolute Gasteiger partial charge is 0.104 e. The molecule has 1 aliphatic rings. The Morgan fingerprint density at radius 2 is 1.42 bits per heavy atom. The van der Waals surface area contributed by atoms with Crippen LogP contribution < -0.4 is 0 Å². The Labute approximate surface area is 154 Å². The van der Waals surface area contributed by atoms with Crippen molar-refractivity contribution in [2.45, 2.75) is 64.4 Å². The van der Waals surface area contributed by atoms with Crippen molar-refractivity contribution < 1.29 is 5.11 Å². The first-order valence-corrected chi connectivity index (χ1v) is 9.50. The van der Waals surface area contributed by atoms with Crippen molar-refractivity contribution in [2.75, 3.05) is 0 Å². The lowest BCUT2D eigenvalue weighted by Crippen LogP contribution is -2.34. The Morgan fingerprint density at radius 3 is 1.96 bits per heavy atom. The van der Waals surface area contributed by atoms with Crippen molar-refractivity contribution in [1.82, 2.24) is 0 Å². The van der Waals surface area contributed by atoms with E-state index in [2.05, 4.69) is 62.7 Å². The van der Waals surface area contributed by atoms with E-state index in [1.54, 1.807) is 0 Å². The van der Waals surface area contributed by atoms with Crippen molar-refractivity contribution in [2.24, 2.45) is 0 Å². The van der Waals surface area contributed by atoms with E-state index in [0.29, 0.717) is 0 Å². The van der Waals surface area contributed by atoms with Gasteiger partial charge in [0.1, 0.15) is 6.10 Å². The summed E-state index contributed by atoms with van der Waals surface area (Å²) < 4.78 is 1.03. The number of fused-ring (bicyclic) bond motifs is 1. The van der Waals surface area contributed by atoms with Crippen molar-refractivity contribution >= 4 is 15.9 Å². The highest BCUT2D eigenvalue weighted by Crippen LogP contribution is 2.47. The fourth-order valence-electron chi connectivity index (χ4n) is 3.86. The Bertz CT molecular complexity index is 756.